The van der Waals surface area contributed by atoms with Gasteiger partial charge in [0.2, 0.25) is 0 Å². The van der Waals surface area contributed by atoms with E-state index in [1.807, 2.05) is 0 Å². The average molecular weight is 308 g/mol. The van der Waals surface area contributed by atoms with Gasteiger partial charge in [-0.2, -0.15) is 0 Å². The summed E-state index contributed by atoms with van der Waals surface area (Å²) < 4.78 is 18.3. The fraction of sp³-hybridized carbons (Fsp3) is 0.188. The van der Waals surface area contributed by atoms with Crippen LogP contribution in [0.25, 0.3) is 0 Å². The van der Waals surface area contributed by atoms with E-state index in [0.29, 0.717) is 17.3 Å². The third kappa shape index (κ3) is 4.46. The Morgan fingerprint density at radius 3 is 2.57 bits per heavy atom. The number of benzene rings is 2. The van der Waals surface area contributed by atoms with Crippen molar-refractivity contribution in [3.05, 3.63) is 64.9 Å². The van der Waals surface area contributed by atoms with E-state index < -0.39 is 6.10 Å². The van der Waals surface area contributed by atoms with Crippen molar-refractivity contribution in [3.63, 3.8) is 0 Å². The van der Waals surface area contributed by atoms with E-state index in [1.165, 1.54) is 12.1 Å². The van der Waals surface area contributed by atoms with Crippen molar-refractivity contribution in [2.24, 2.45) is 0 Å². The maximum absolute atomic E-state index is 12.8. The molecule has 0 spiro atoms. The summed E-state index contributed by atoms with van der Waals surface area (Å²) >= 11 is 5.97. The molecular weight excluding hydrogens is 293 g/mol. The monoisotopic (exact) mass is 307 g/mol. The summed E-state index contributed by atoms with van der Waals surface area (Å²) in [6, 6.07) is 12.9. The molecule has 0 saturated carbocycles. The molecule has 2 rings (SSSR count). The molecule has 0 aliphatic rings. The predicted molar refractivity (Wildman–Crippen MR) is 79.8 cm³/mol. The molecule has 1 amide bonds. The van der Waals surface area contributed by atoms with Gasteiger partial charge in [-0.05, 0) is 36.8 Å². The summed E-state index contributed by atoms with van der Waals surface area (Å²) in [5.74, 6) is -0.108. The zero-order valence-electron chi connectivity index (χ0n) is 11.5. The molecule has 1 N–H and O–H groups in total. The molecule has 2 aromatic rings. The lowest BCUT2D eigenvalue weighted by atomic mass is 10.2. The van der Waals surface area contributed by atoms with E-state index in [1.54, 1.807) is 43.3 Å². The molecule has 0 bridgehead atoms. The number of carbonyl (C=O) groups excluding carboxylic acids is 1. The van der Waals surface area contributed by atoms with Crippen molar-refractivity contribution in [3.8, 4) is 5.75 Å². The van der Waals surface area contributed by atoms with Gasteiger partial charge in [0.15, 0.2) is 6.10 Å². The number of ether oxygens (including phenoxy) is 1. The normalized spacial score (nSPS) is 11.8. The van der Waals surface area contributed by atoms with Crippen LogP contribution in [0.3, 0.4) is 0 Å². The van der Waals surface area contributed by atoms with Crippen LogP contribution in [0, 0.1) is 5.82 Å². The number of rotatable bonds is 5. The molecule has 110 valence electrons. The van der Waals surface area contributed by atoms with Crippen molar-refractivity contribution in [2.45, 2.75) is 19.6 Å². The van der Waals surface area contributed by atoms with Crippen LogP contribution in [0.2, 0.25) is 5.02 Å². The smallest absolute Gasteiger partial charge is 0.261 e. The van der Waals surface area contributed by atoms with Gasteiger partial charge in [0.05, 0.1) is 5.02 Å². The molecule has 5 heteroatoms. The third-order valence-electron chi connectivity index (χ3n) is 2.89. The lowest BCUT2D eigenvalue weighted by molar-refractivity contribution is -0.127. The van der Waals surface area contributed by atoms with Crippen LogP contribution < -0.4 is 10.1 Å². The van der Waals surface area contributed by atoms with Crippen molar-refractivity contribution in [1.82, 2.24) is 5.32 Å². The maximum atomic E-state index is 12.8. The lowest BCUT2D eigenvalue weighted by Crippen LogP contribution is -2.35. The average Bonchev–Trinajstić information content (AvgIpc) is 2.48. The fourth-order valence-corrected chi connectivity index (χ4v) is 1.90. The number of nitrogens with one attached hydrogen (secondary N) is 1. The van der Waals surface area contributed by atoms with E-state index >= 15 is 0 Å². The van der Waals surface area contributed by atoms with Gasteiger partial charge in [-0.1, -0.05) is 35.9 Å². The minimum atomic E-state index is -0.676. The standard InChI is InChI=1S/C16H15ClFNO2/c1-11(21-15-5-3-2-4-14(15)17)16(20)19-10-12-6-8-13(18)9-7-12/h2-9,11H,10H2,1H3,(H,19,20)/t11-/m0/s1. The van der Waals surface area contributed by atoms with E-state index in [0.717, 1.165) is 5.56 Å². The molecule has 1 atom stereocenters. The predicted octanol–water partition coefficient (Wildman–Crippen LogP) is 3.56. The third-order valence-corrected chi connectivity index (χ3v) is 3.20. The zero-order valence-corrected chi connectivity index (χ0v) is 12.2. The highest BCUT2D eigenvalue weighted by atomic mass is 35.5. The Bertz CT molecular complexity index is 616. The van der Waals surface area contributed by atoms with Crippen LogP contribution in [-0.2, 0) is 11.3 Å². The molecule has 21 heavy (non-hydrogen) atoms. The van der Waals surface area contributed by atoms with Crippen LogP contribution >= 0.6 is 11.6 Å². The Morgan fingerprint density at radius 1 is 1.24 bits per heavy atom. The first kappa shape index (κ1) is 15.3. The van der Waals surface area contributed by atoms with Crippen molar-refractivity contribution in [1.29, 1.82) is 0 Å². The molecule has 0 saturated heterocycles. The number of hydrogen-bond acceptors (Lipinski definition) is 2. The van der Waals surface area contributed by atoms with Crippen molar-refractivity contribution < 1.29 is 13.9 Å². The quantitative estimate of drug-likeness (QED) is 0.917. The van der Waals surface area contributed by atoms with Crippen LogP contribution in [0.15, 0.2) is 48.5 Å². The highest BCUT2D eigenvalue weighted by Crippen LogP contribution is 2.24. The van der Waals surface area contributed by atoms with Gasteiger partial charge in [-0.25, -0.2) is 4.39 Å². The topological polar surface area (TPSA) is 38.3 Å². The Kier molecular flexibility index (Phi) is 5.17. The van der Waals surface area contributed by atoms with Crippen LogP contribution in [0.4, 0.5) is 4.39 Å². The molecular formula is C16H15ClFNO2. The fourth-order valence-electron chi connectivity index (χ4n) is 1.72. The molecule has 0 aliphatic heterocycles. The molecule has 0 fully saturated rings. The Morgan fingerprint density at radius 2 is 1.90 bits per heavy atom. The molecule has 0 heterocycles. The second-order valence-corrected chi connectivity index (χ2v) is 4.94. The molecule has 3 nitrogen and oxygen atoms in total. The summed E-state index contributed by atoms with van der Waals surface area (Å²) in [5, 5.41) is 3.18. The Hall–Kier alpha value is -2.07. The second kappa shape index (κ2) is 7.09. The highest BCUT2D eigenvalue weighted by molar-refractivity contribution is 6.32. The van der Waals surface area contributed by atoms with Crippen LogP contribution in [0.5, 0.6) is 5.75 Å². The second-order valence-electron chi connectivity index (χ2n) is 4.53. The maximum Gasteiger partial charge on any atom is 0.261 e. The number of carbonyl (C=O) groups is 1. The molecule has 0 unspecified atom stereocenters. The van der Waals surface area contributed by atoms with Crippen molar-refractivity contribution in [2.75, 3.05) is 0 Å². The summed E-state index contributed by atoms with van der Waals surface area (Å²) in [7, 11) is 0. The minimum Gasteiger partial charge on any atom is -0.479 e. The zero-order chi connectivity index (χ0) is 15.2. The van der Waals surface area contributed by atoms with Gasteiger partial charge in [0.1, 0.15) is 11.6 Å². The minimum absolute atomic E-state index is 0.265. The molecule has 0 aromatic heterocycles. The lowest BCUT2D eigenvalue weighted by Gasteiger charge is -2.15. The molecule has 0 aliphatic carbocycles. The first-order valence-corrected chi connectivity index (χ1v) is 6.87. The summed E-state index contributed by atoms with van der Waals surface area (Å²) in [6.45, 7) is 1.96. The van der Waals surface area contributed by atoms with Gasteiger partial charge in [-0.15, -0.1) is 0 Å². The van der Waals surface area contributed by atoms with E-state index in [9.17, 15) is 9.18 Å². The summed E-state index contributed by atoms with van der Waals surface area (Å²) in [6.07, 6.45) is -0.676. The number of halogens is 2. The summed E-state index contributed by atoms with van der Waals surface area (Å²) in [5.41, 5.74) is 0.815. The Labute approximate surface area is 127 Å². The van der Waals surface area contributed by atoms with E-state index in [-0.39, 0.29) is 11.7 Å². The van der Waals surface area contributed by atoms with Gasteiger partial charge in [0.25, 0.3) is 5.91 Å². The SMILES string of the molecule is C[C@H](Oc1ccccc1Cl)C(=O)NCc1ccc(F)cc1. The van der Waals surface area contributed by atoms with Gasteiger partial charge in [-0.3, -0.25) is 4.79 Å². The summed E-state index contributed by atoms with van der Waals surface area (Å²) in [4.78, 5) is 11.9. The first-order valence-electron chi connectivity index (χ1n) is 6.49. The van der Waals surface area contributed by atoms with E-state index in [2.05, 4.69) is 5.32 Å². The number of amides is 1. The van der Waals surface area contributed by atoms with Gasteiger partial charge in [0, 0.05) is 6.54 Å². The Balaban J connectivity index is 1.88. The first-order chi connectivity index (χ1) is 10.1. The number of para-hydroxylation sites is 1. The van der Waals surface area contributed by atoms with Crippen LogP contribution in [0.1, 0.15) is 12.5 Å². The van der Waals surface area contributed by atoms with Crippen molar-refractivity contribution >= 4 is 17.5 Å². The highest BCUT2D eigenvalue weighted by Gasteiger charge is 2.15. The van der Waals surface area contributed by atoms with E-state index in [4.69, 9.17) is 16.3 Å². The molecule has 0 radical (unpaired) electrons. The number of hydrogen-bond donors (Lipinski definition) is 1. The molecule has 2 aromatic carbocycles. The largest absolute Gasteiger partial charge is 0.479 e. The van der Waals surface area contributed by atoms with Crippen LogP contribution in [-0.4, -0.2) is 12.0 Å². The van der Waals surface area contributed by atoms with Gasteiger partial charge < -0.3 is 10.1 Å². The van der Waals surface area contributed by atoms with Gasteiger partial charge >= 0.3 is 0 Å².